The second-order valence-corrected chi connectivity index (χ2v) is 1.88. The summed E-state index contributed by atoms with van der Waals surface area (Å²) in [6, 6.07) is -0.958. The molecule has 0 bridgehead atoms. The molecule has 12 heavy (non-hydrogen) atoms. The Kier molecular flexibility index (Phi) is 4.79. The van der Waals surface area contributed by atoms with Gasteiger partial charge in [-0.25, -0.2) is 4.79 Å². The van der Waals surface area contributed by atoms with Crippen LogP contribution in [0.1, 0.15) is 6.42 Å². The van der Waals surface area contributed by atoms with Crippen molar-refractivity contribution in [2.24, 2.45) is 4.99 Å². The Morgan fingerprint density at radius 3 is 2.50 bits per heavy atom. The monoisotopic (exact) mass is 194 g/mol. The molecular formula is C5H3KN2O4. The van der Waals surface area contributed by atoms with Gasteiger partial charge in [0.15, 0.2) is 0 Å². The summed E-state index contributed by atoms with van der Waals surface area (Å²) in [7, 11) is 0. The van der Waals surface area contributed by atoms with Crippen molar-refractivity contribution < 1.29 is 70.9 Å². The third kappa shape index (κ3) is 3.11. The first kappa shape index (κ1) is 11.9. The van der Waals surface area contributed by atoms with E-state index in [4.69, 9.17) is 0 Å². The van der Waals surface area contributed by atoms with Crippen molar-refractivity contribution >= 4 is 23.6 Å². The number of nitrogens with one attached hydrogen (secondary N) is 1. The van der Waals surface area contributed by atoms with Gasteiger partial charge in [-0.3, -0.25) is 10.1 Å². The minimum Gasteiger partial charge on any atom is -0.543 e. The second-order valence-electron chi connectivity index (χ2n) is 1.88. The van der Waals surface area contributed by atoms with Crippen LogP contribution in [0.3, 0.4) is 0 Å². The Morgan fingerprint density at radius 1 is 1.50 bits per heavy atom. The molecule has 1 rings (SSSR count). The first-order valence-corrected chi connectivity index (χ1v) is 2.72. The zero-order valence-electron chi connectivity index (χ0n) is 6.29. The fourth-order valence-corrected chi connectivity index (χ4v) is 0.623. The molecule has 58 valence electrons. The SMILES string of the molecule is O=C1CC(C(=O)[O-])=NC(=O)N1.[K+]. The molecule has 6 nitrogen and oxygen atoms in total. The number of aliphatic carboxylic acids is 1. The van der Waals surface area contributed by atoms with Crippen LogP contribution in [0.15, 0.2) is 4.99 Å². The molecule has 0 radical (unpaired) electrons. The first-order valence-electron chi connectivity index (χ1n) is 2.72. The smallest absolute Gasteiger partial charge is 0.543 e. The van der Waals surface area contributed by atoms with Crippen LogP contribution in [0, 0.1) is 0 Å². The summed E-state index contributed by atoms with van der Waals surface area (Å²) < 4.78 is 0. The number of carboxylic acid groups (broad SMARTS) is 1. The Hall–Kier alpha value is -0.0836. The van der Waals surface area contributed by atoms with Crippen LogP contribution in [0.2, 0.25) is 0 Å². The van der Waals surface area contributed by atoms with Crippen LogP contribution in [0.25, 0.3) is 0 Å². The van der Waals surface area contributed by atoms with E-state index in [2.05, 4.69) is 4.99 Å². The molecule has 0 saturated carbocycles. The van der Waals surface area contributed by atoms with Gasteiger partial charge in [0, 0.05) is 0 Å². The van der Waals surface area contributed by atoms with Gasteiger partial charge in [0.05, 0.1) is 18.1 Å². The summed E-state index contributed by atoms with van der Waals surface area (Å²) in [6.45, 7) is 0. The standard InChI is InChI=1S/C5H4N2O4.K/c8-3-1-2(4(9)10)6-5(11)7-3;/h1H2,(H,9,10)(H,7,8,11);/q;+1/p-1. The van der Waals surface area contributed by atoms with Crippen LogP contribution in [0.4, 0.5) is 4.79 Å². The number of carboxylic acids is 1. The molecule has 0 aromatic rings. The molecule has 0 aromatic carbocycles. The van der Waals surface area contributed by atoms with Crippen molar-refractivity contribution in [1.82, 2.24) is 5.32 Å². The van der Waals surface area contributed by atoms with Gasteiger partial charge in [-0.05, 0) is 0 Å². The van der Waals surface area contributed by atoms with Crippen LogP contribution in [-0.2, 0) is 9.59 Å². The molecule has 1 heterocycles. The molecule has 0 spiro atoms. The van der Waals surface area contributed by atoms with E-state index in [1.165, 1.54) is 0 Å². The predicted molar refractivity (Wildman–Crippen MR) is 30.6 cm³/mol. The number of hydrogen-bond donors (Lipinski definition) is 1. The molecule has 0 fully saturated rings. The van der Waals surface area contributed by atoms with Gasteiger partial charge in [-0.1, -0.05) is 0 Å². The fourth-order valence-electron chi connectivity index (χ4n) is 0.623. The quantitative estimate of drug-likeness (QED) is 0.422. The van der Waals surface area contributed by atoms with Crippen LogP contribution in [0.5, 0.6) is 0 Å². The van der Waals surface area contributed by atoms with E-state index < -0.39 is 30.0 Å². The van der Waals surface area contributed by atoms with Crippen LogP contribution < -0.4 is 61.8 Å². The zero-order valence-corrected chi connectivity index (χ0v) is 9.41. The van der Waals surface area contributed by atoms with Gasteiger partial charge < -0.3 is 9.90 Å². The molecule has 1 aliphatic heterocycles. The fraction of sp³-hybridized carbons (Fsp3) is 0.200. The molecule has 0 atom stereocenters. The molecule has 7 heteroatoms. The summed E-state index contributed by atoms with van der Waals surface area (Å²) in [5.41, 5.74) is -0.529. The Morgan fingerprint density at radius 2 is 2.08 bits per heavy atom. The van der Waals surface area contributed by atoms with Gasteiger partial charge in [0.2, 0.25) is 5.91 Å². The molecule has 1 aliphatic rings. The number of nitrogens with zero attached hydrogens (tertiary/aromatic N) is 1. The van der Waals surface area contributed by atoms with Crippen molar-refractivity contribution in [2.45, 2.75) is 6.42 Å². The minimum atomic E-state index is -1.59. The molecular weight excluding hydrogens is 191 g/mol. The maximum Gasteiger partial charge on any atom is 1.00 e. The summed E-state index contributed by atoms with van der Waals surface area (Å²) >= 11 is 0. The number of amides is 3. The summed E-state index contributed by atoms with van der Waals surface area (Å²) in [6.07, 6.45) is -0.409. The Labute approximate surface area is 110 Å². The molecule has 1 N–H and O–H groups in total. The molecule has 0 aliphatic carbocycles. The van der Waals surface area contributed by atoms with Crippen molar-refractivity contribution in [2.75, 3.05) is 0 Å². The average Bonchev–Trinajstić information content (AvgIpc) is 1.85. The van der Waals surface area contributed by atoms with Crippen molar-refractivity contribution in [1.29, 1.82) is 0 Å². The van der Waals surface area contributed by atoms with Gasteiger partial charge in [0.1, 0.15) is 0 Å². The maximum absolute atomic E-state index is 10.5. The largest absolute Gasteiger partial charge is 1.00 e. The third-order valence-corrected chi connectivity index (χ3v) is 1.05. The van der Waals surface area contributed by atoms with E-state index in [1.54, 1.807) is 0 Å². The Bertz CT molecular complexity index is 273. The van der Waals surface area contributed by atoms with Gasteiger partial charge >= 0.3 is 57.4 Å². The van der Waals surface area contributed by atoms with E-state index >= 15 is 0 Å². The van der Waals surface area contributed by atoms with Gasteiger partial charge in [-0.2, -0.15) is 4.99 Å². The summed E-state index contributed by atoms with van der Waals surface area (Å²) in [5.74, 6) is -2.27. The van der Waals surface area contributed by atoms with Crippen molar-refractivity contribution in [3.8, 4) is 0 Å². The van der Waals surface area contributed by atoms with E-state index in [0.29, 0.717) is 0 Å². The van der Waals surface area contributed by atoms with E-state index in [0.717, 1.165) is 0 Å². The van der Waals surface area contributed by atoms with E-state index in [-0.39, 0.29) is 51.4 Å². The predicted octanol–water partition coefficient (Wildman–Crippen LogP) is -5.18. The zero-order chi connectivity index (χ0) is 8.43. The number of aliphatic imine (C=N–C) groups is 1. The normalized spacial score (nSPS) is 15.8. The number of rotatable bonds is 1. The minimum absolute atomic E-state index is 0. The van der Waals surface area contributed by atoms with E-state index in [1.807, 2.05) is 5.32 Å². The molecule has 0 aromatic heterocycles. The van der Waals surface area contributed by atoms with Crippen LogP contribution >= 0.6 is 0 Å². The maximum atomic E-state index is 10.5. The van der Waals surface area contributed by atoms with Gasteiger partial charge in [-0.15, -0.1) is 0 Å². The molecule has 0 saturated heterocycles. The van der Waals surface area contributed by atoms with Crippen LogP contribution in [-0.4, -0.2) is 23.6 Å². The number of carbonyl (C=O) groups excluding carboxylic acids is 3. The number of urea groups is 1. The first-order chi connectivity index (χ1) is 5.09. The van der Waals surface area contributed by atoms with Crippen molar-refractivity contribution in [3.05, 3.63) is 0 Å². The number of carbonyl (C=O) groups is 3. The second kappa shape index (κ2) is 4.82. The average molecular weight is 194 g/mol. The van der Waals surface area contributed by atoms with E-state index in [9.17, 15) is 19.5 Å². The Balaban J connectivity index is 0.00000121. The molecule has 0 unspecified atom stereocenters. The number of imide groups is 1. The number of hydrogen-bond acceptors (Lipinski definition) is 4. The summed E-state index contributed by atoms with van der Waals surface area (Å²) in [5, 5.41) is 11.9. The molecule has 3 amide bonds. The third-order valence-electron chi connectivity index (χ3n) is 1.05. The summed E-state index contributed by atoms with van der Waals surface area (Å²) in [4.78, 5) is 33.9. The van der Waals surface area contributed by atoms with Gasteiger partial charge in [0.25, 0.3) is 0 Å². The van der Waals surface area contributed by atoms with Crippen molar-refractivity contribution in [3.63, 3.8) is 0 Å². The topological polar surface area (TPSA) is 98.7 Å².